The number of hydrogen-bond acceptors (Lipinski definition) is 6. The van der Waals surface area contributed by atoms with Gasteiger partial charge in [-0.2, -0.15) is 0 Å². The highest BCUT2D eigenvalue weighted by Gasteiger charge is 2.17. The summed E-state index contributed by atoms with van der Waals surface area (Å²) in [6, 6.07) is 4.97. The summed E-state index contributed by atoms with van der Waals surface area (Å²) in [4.78, 5) is 26.6. The van der Waals surface area contributed by atoms with Crippen LogP contribution < -0.4 is 20.1 Å². The third-order valence-corrected chi connectivity index (χ3v) is 4.25. The van der Waals surface area contributed by atoms with Gasteiger partial charge in [-0.25, -0.2) is 0 Å². The van der Waals surface area contributed by atoms with Gasteiger partial charge in [0.05, 0.1) is 20.3 Å². The van der Waals surface area contributed by atoms with Crippen molar-refractivity contribution < 1.29 is 23.8 Å². The van der Waals surface area contributed by atoms with Crippen LogP contribution in [0.2, 0.25) is 0 Å². The van der Waals surface area contributed by atoms with Crippen molar-refractivity contribution in [2.24, 2.45) is 0 Å². The third-order valence-electron chi connectivity index (χ3n) is 4.25. The molecule has 8 heteroatoms. The van der Waals surface area contributed by atoms with Gasteiger partial charge in [0, 0.05) is 37.3 Å². The molecule has 0 spiro atoms. The molecular weight excluding hydrogens is 362 g/mol. The largest absolute Gasteiger partial charge is 0.493 e. The van der Waals surface area contributed by atoms with Crippen LogP contribution in [0.25, 0.3) is 0 Å². The van der Waals surface area contributed by atoms with Crippen LogP contribution in [-0.4, -0.2) is 75.4 Å². The van der Waals surface area contributed by atoms with Gasteiger partial charge >= 0.3 is 0 Å². The molecule has 1 fully saturated rings. The molecule has 0 radical (unpaired) electrons. The molecule has 1 heterocycles. The predicted octanol–water partition coefficient (Wildman–Crippen LogP) is 1.05. The molecule has 2 amide bonds. The lowest BCUT2D eigenvalue weighted by atomic mass is 10.1. The molecule has 1 unspecified atom stereocenters. The first-order valence-corrected chi connectivity index (χ1v) is 9.60. The number of ether oxygens (including phenoxy) is 3. The molecular formula is C20H31N3O5. The van der Waals surface area contributed by atoms with E-state index >= 15 is 0 Å². The molecule has 1 aliphatic rings. The van der Waals surface area contributed by atoms with E-state index in [9.17, 15) is 9.59 Å². The van der Waals surface area contributed by atoms with Gasteiger partial charge in [0.25, 0.3) is 11.8 Å². The topological polar surface area (TPSA) is 89.1 Å². The number of hydrogen-bond donors (Lipinski definition) is 2. The minimum absolute atomic E-state index is 0.00671. The first-order valence-electron chi connectivity index (χ1n) is 9.60. The van der Waals surface area contributed by atoms with Crippen molar-refractivity contribution in [2.45, 2.75) is 32.9 Å². The highest BCUT2D eigenvalue weighted by Crippen LogP contribution is 2.28. The zero-order valence-electron chi connectivity index (χ0n) is 17.1. The van der Waals surface area contributed by atoms with E-state index in [1.807, 2.05) is 20.8 Å². The molecule has 1 aromatic carbocycles. The number of carbonyl (C=O) groups excluding carboxylic acids is 2. The predicted molar refractivity (Wildman–Crippen MR) is 106 cm³/mol. The third kappa shape index (κ3) is 7.01. The molecule has 1 aliphatic heterocycles. The minimum atomic E-state index is -0.212. The quantitative estimate of drug-likeness (QED) is 0.652. The summed E-state index contributed by atoms with van der Waals surface area (Å²) in [5.74, 6) is 0.434. The Hall–Kier alpha value is -2.32. The lowest BCUT2D eigenvalue weighted by molar-refractivity contribution is -0.123. The number of nitrogens with zero attached hydrogens (tertiary/aromatic N) is 1. The zero-order valence-corrected chi connectivity index (χ0v) is 17.1. The Morgan fingerprint density at radius 3 is 2.50 bits per heavy atom. The fraction of sp³-hybridized carbons (Fsp3) is 0.600. The number of morpholine rings is 1. The first kappa shape index (κ1) is 22.0. The second kappa shape index (κ2) is 10.9. The van der Waals surface area contributed by atoms with Gasteiger partial charge < -0.3 is 24.8 Å². The van der Waals surface area contributed by atoms with Crippen molar-refractivity contribution in [3.05, 3.63) is 23.8 Å². The van der Waals surface area contributed by atoms with Crippen molar-refractivity contribution >= 4 is 11.8 Å². The summed E-state index contributed by atoms with van der Waals surface area (Å²) in [6.45, 7) is 9.63. The molecule has 0 aromatic heterocycles. The van der Waals surface area contributed by atoms with E-state index in [1.165, 1.54) is 7.11 Å². The molecule has 0 bridgehead atoms. The van der Waals surface area contributed by atoms with Crippen molar-refractivity contribution in [1.29, 1.82) is 0 Å². The summed E-state index contributed by atoms with van der Waals surface area (Å²) in [5.41, 5.74) is 0.477. The highest BCUT2D eigenvalue weighted by molar-refractivity contribution is 5.95. The Labute approximate surface area is 166 Å². The second-order valence-corrected chi connectivity index (χ2v) is 7.16. The summed E-state index contributed by atoms with van der Waals surface area (Å²) in [7, 11) is 1.50. The Balaban J connectivity index is 1.91. The van der Waals surface area contributed by atoms with Gasteiger partial charge in [-0.1, -0.05) is 0 Å². The Kier molecular flexibility index (Phi) is 8.53. The lowest BCUT2D eigenvalue weighted by Gasteiger charge is -2.29. The van der Waals surface area contributed by atoms with E-state index in [1.54, 1.807) is 18.2 Å². The first-order chi connectivity index (χ1) is 13.4. The van der Waals surface area contributed by atoms with Crippen molar-refractivity contribution in [3.63, 3.8) is 0 Å². The smallest absolute Gasteiger partial charge is 0.258 e. The molecule has 156 valence electrons. The normalized spacial score (nSPS) is 15.8. The van der Waals surface area contributed by atoms with E-state index in [2.05, 4.69) is 15.5 Å². The van der Waals surface area contributed by atoms with Gasteiger partial charge in [-0.05, 0) is 39.0 Å². The number of nitrogens with one attached hydrogen (secondary N) is 2. The molecule has 1 saturated heterocycles. The molecule has 2 rings (SSSR count). The molecule has 2 N–H and O–H groups in total. The fourth-order valence-corrected chi connectivity index (χ4v) is 2.96. The van der Waals surface area contributed by atoms with Gasteiger partial charge in [-0.15, -0.1) is 0 Å². The standard InChI is InChI=1S/C20H31N3O5/c1-14(2)21-19(24)13-28-17-6-5-16(11-18(17)26-4)20(25)22-15(3)12-23-7-9-27-10-8-23/h5-6,11,14-15H,7-10,12-13H2,1-4H3,(H,21,24)(H,22,25). The molecule has 28 heavy (non-hydrogen) atoms. The van der Waals surface area contributed by atoms with Crippen LogP contribution in [0.15, 0.2) is 18.2 Å². The van der Waals surface area contributed by atoms with E-state index in [4.69, 9.17) is 14.2 Å². The van der Waals surface area contributed by atoms with Crippen LogP contribution in [0.1, 0.15) is 31.1 Å². The Bertz CT molecular complexity index is 659. The second-order valence-electron chi connectivity index (χ2n) is 7.16. The summed E-state index contributed by atoms with van der Waals surface area (Å²) in [5, 5.41) is 5.76. The maximum absolute atomic E-state index is 12.5. The summed E-state index contributed by atoms with van der Waals surface area (Å²) in [6.07, 6.45) is 0. The molecule has 1 atom stereocenters. The number of methoxy groups -OCH3 is 1. The van der Waals surface area contributed by atoms with Crippen molar-refractivity contribution in [1.82, 2.24) is 15.5 Å². The maximum Gasteiger partial charge on any atom is 0.258 e. The van der Waals surface area contributed by atoms with E-state index in [0.717, 1.165) is 32.8 Å². The van der Waals surface area contributed by atoms with Crippen molar-refractivity contribution in [2.75, 3.05) is 46.6 Å². The zero-order chi connectivity index (χ0) is 20.5. The summed E-state index contributed by atoms with van der Waals surface area (Å²) < 4.78 is 16.2. The van der Waals surface area contributed by atoms with Gasteiger partial charge in [0.1, 0.15) is 0 Å². The van der Waals surface area contributed by atoms with Crippen LogP contribution >= 0.6 is 0 Å². The fourth-order valence-electron chi connectivity index (χ4n) is 2.96. The average molecular weight is 393 g/mol. The Morgan fingerprint density at radius 2 is 1.86 bits per heavy atom. The number of rotatable bonds is 9. The van der Waals surface area contributed by atoms with Crippen LogP contribution in [0.4, 0.5) is 0 Å². The van der Waals surface area contributed by atoms with E-state index < -0.39 is 0 Å². The summed E-state index contributed by atoms with van der Waals surface area (Å²) >= 11 is 0. The van der Waals surface area contributed by atoms with Crippen LogP contribution in [0.5, 0.6) is 11.5 Å². The molecule has 1 aromatic rings. The van der Waals surface area contributed by atoms with Crippen LogP contribution in [0, 0.1) is 0 Å². The lowest BCUT2D eigenvalue weighted by Crippen LogP contribution is -2.46. The van der Waals surface area contributed by atoms with E-state index in [-0.39, 0.29) is 30.5 Å². The van der Waals surface area contributed by atoms with Crippen molar-refractivity contribution in [3.8, 4) is 11.5 Å². The average Bonchev–Trinajstić information content (AvgIpc) is 2.66. The van der Waals surface area contributed by atoms with E-state index in [0.29, 0.717) is 17.1 Å². The van der Waals surface area contributed by atoms with Gasteiger partial charge in [-0.3, -0.25) is 14.5 Å². The Morgan fingerprint density at radius 1 is 1.14 bits per heavy atom. The van der Waals surface area contributed by atoms with Gasteiger partial charge in [0.15, 0.2) is 18.1 Å². The highest BCUT2D eigenvalue weighted by atomic mass is 16.5. The van der Waals surface area contributed by atoms with Gasteiger partial charge in [0.2, 0.25) is 0 Å². The molecule has 8 nitrogen and oxygen atoms in total. The van der Waals surface area contributed by atoms with Crippen LogP contribution in [-0.2, 0) is 9.53 Å². The molecule has 0 aliphatic carbocycles. The SMILES string of the molecule is COc1cc(C(=O)NC(C)CN2CCOCC2)ccc1OCC(=O)NC(C)C. The van der Waals surface area contributed by atoms with Crippen LogP contribution in [0.3, 0.4) is 0 Å². The minimum Gasteiger partial charge on any atom is -0.493 e. The monoisotopic (exact) mass is 393 g/mol. The number of amides is 2. The number of benzene rings is 1. The molecule has 0 saturated carbocycles. The number of carbonyl (C=O) groups is 2. The maximum atomic E-state index is 12.5.